The molecule has 2 heterocycles. The highest BCUT2D eigenvalue weighted by atomic mass is 32.1. The summed E-state index contributed by atoms with van der Waals surface area (Å²) < 4.78 is 6.35. The molecule has 0 saturated carbocycles. The fraction of sp³-hybridized carbons (Fsp3) is 0.278. The van der Waals surface area contributed by atoms with Crippen molar-refractivity contribution in [3.05, 3.63) is 51.7 Å². The lowest BCUT2D eigenvalue weighted by molar-refractivity contribution is -0.158. The number of benzene rings is 1. The Labute approximate surface area is 153 Å². The highest BCUT2D eigenvalue weighted by molar-refractivity contribution is 7.18. The van der Waals surface area contributed by atoms with Gasteiger partial charge in [-0.3, -0.25) is 9.59 Å². The molecule has 0 radical (unpaired) electrons. The van der Waals surface area contributed by atoms with Gasteiger partial charge in [-0.15, -0.1) is 22.7 Å². The minimum absolute atomic E-state index is 0.191. The average molecular weight is 374 g/mol. The molecule has 1 atom stereocenters. The first-order valence-electron chi connectivity index (χ1n) is 7.84. The van der Waals surface area contributed by atoms with E-state index >= 15 is 0 Å². The van der Waals surface area contributed by atoms with E-state index in [0.29, 0.717) is 6.54 Å². The second kappa shape index (κ2) is 7.76. The number of esters is 1. The molecule has 2 aromatic heterocycles. The summed E-state index contributed by atoms with van der Waals surface area (Å²) in [5.74, 6) is -0.629. The molecule has 0 saturated heterocycles. The van der Waals surface area contributed by atoms with Gasteiger partial charge in [0.2, 0.25) is 0 Å². The van der Waals surface area contributed by atoms with Crippen molar-refractivity contribution in [2.45, 2.75) is 26.0 Å². The molecule has 1 unspecified atom stereocenters. The van der Waals surface area contributed by atoms with E-state index < -0.39 is 12.1 Å². The first kappa shape index (κ1) is 17.6. The number of ether oxygens (including phenoxy) is 1. The number of carbonyl (C=O) groups is 2. The fourth-order valence-electron chi connectivity index (χ4n) is 2.42. The Bertz CT molecular complexity index is 840. The van der Waals surface area contributed by atoms with Gasteiger partial charge in [-0.05, 0) is 30.5 Å². The topological polar surface area (TPSA) is 59.5 Å². The maximum absolute atomic E-state index is 12.4. The van der Waals surface area contributed by atoms with Crippen LogP contribution in [0.5, 0.6) is 0 Å². The largest absolute Gasteiger partial charge is 0.452 e. The molecule has 0 aliphatic rings. The third-order valence-corrected chi connectivity index (χ3v) is 5.54. The van der Waals surface area contributed by atoms with E-state index in [4.69, 9.17) is 4.74 Å². The van der Waals surface area contributed by atoms with Gasteiger partial charge in [-0.1, -0.05) is 18.2 Å². The molecule has 0 N–H and O–H groups in total. The SMILES string of the molecule is CC(OC(=O)Cc1cccs1)C(=O)N(C)Cc1nc2ccccc2s1. The van der Waals surface area contributed by atoms with E-state index in [-0.39, 0.29) is 12.3 Å². The number of thiazole rings is 1. The first-order chi connectivity index (χ1) is 12.0. The molecule has 0 fully saturated rings. The highest BCUT2D eigenvalue weighted by Gasteiger charge is 2.22. The summed E-state index contributed by atoms with van der Waals surface area (Å²) in [5, 5.41) is 2.76. The van der Waals surface area contributed by atoms with Gasteiger partial charge in [0.15, 0.2) is 6.10 Å². The van der Waals surface area contributed by atoms with Crippen LogP contribution in [0.2, 0.25) is 0 Å². The van der Waals surface area contributed by atoms with Gasteiger partial charge >= 0.3 is 5.97 Å². The molecule has 130 valence electrons. The molecule has 3 rings (SSSR count). The van der Waals surface area contributed by atoms with Crippen molar-refractivity contribution >= 4 is 44.8 Å². The first-order valence-corrected chi connectivity index (χ1v) is 9.54. The van der Waals surface area contributed by atoms with Gasteiger partial charge in [0.05, 0.1) is 23.2 Å². The molecule has 1 aromatic carbocycles. The number of thiophene rings is 1. The molecule has 0 aliphatic carbocycles. The summed E-state index contributed by atoms with van der Waals surface area (Å²) in [4.78, 5) is 31.3. The maximum atomic E-state index is 12.4. The summed E-state index contributed by atoms with van der Waals surface area (Å²) in [6.45, 7) is 1.99. The number of hydrogen-bond donors (Lipinski definition) is 0. The fourth-order valence-corrected chi connectivity index (χ4v) is 4.13. The zero-order valence-electron chi connectivity index (χ0n) is 14.0. The molecule has 7 heteroatoms. The van der Waals surface area contributed by atoms with Gasteiger partial charge in [-0.2, -0.15) is 0 Å². The van der Waals surface area contributed by atoms with Gasteiger partial charge < -0.3 is 9.64 Å². The van der Waals surface area contributed by atoms with Crippen LogP contribution in [0.3, 0.4) is 0 Å². The standard InChI is InChI=1S/C18H18N2O3S2/c1-12(23-17(21)10-13-6-5-9-24-13)18(22)20(2)11-16-19-14-7-3-4-8-15(14)25-16/h3-9,12H,10-11H2,1-2H3. The number of amides is 1. The minimum atomic E-state index is -0.813. The molecule has 0 aliphatic heterocycles. The predicted octanol–water partition coefficient (Wildman–Crippen LogP) is 3.49. The van der Waals surface area contributed by atoms with Gasteiger partial charge in [0.1, 0.15) is 5.01 Å². The van der Waals surface area contributed by atoms with Crippen LogP contribution in [-0.2, 0) is 27.3 Å². The van der Waals surface area contributed by atoms with Crippen LogP contribution in [-0.4, -0.2) is 34.9 Å². The van der Waals surface area contributed by atoms with Crippen molar-refractivity contribution in [1.82, 2.24) is 9.88 Å². The molecular weight excluding hydrogens is 356 g/mol. The smallest absolute Gasteiger partial charge is 0.311 e. The molecule has 25 heavy (non-hydrogen) atoms. The Hall–Kier alpha value is -2.25. The van der Waals surface area contributed by atoms with E-state index in [0.717, 1.165) is 20.1 Å². The Morgan fingerprint density at radius 2 is 2.04 bits per heavy atom. The monoisotopic (exact) mass is 374 g/mol. The Morgan fingerprint density at radius 3 is 2.76 bits per heavy atom. The minimum Gasteiger partial charge on any atom is -0.452 e. The quantitative estimate of drug-likeness (QED) is 0.620. The number of para-hydroxylation sites is 1. The van der Waals surface area contributed by atoms with Crippen molar-refractivity contribution < 1.29 is 14.3 Å². The number of aromatic nitrogens is 1. The Balaban J connectivity index is 1.56. The van der Waals surface area contributed by atoms with E-state index in [2.05, 4.69) is 4.98 Å². The Morgan fingerprint density at radius 1 is 1.24 bits per heavy atom. The van der Waals surface area contributed by atoms with Crippen LogP contribution in [0.25, 0.3) is 10.2 Å². The lowest BCUT2D eigenvalue weighted by Gasteiger charge is -2.20. The van der Waals surface area contributed by atoms with Gasteiger partial charge in [0.25, 0.3) is 5.91 Å². The number of nitrogens with zero attached hydrogens (tertiary/aromatic N) is 2. The van der Waals surface area contributed by atoms with Crippen molar-refractivity contribution in [2.24, 2.45) is 0 Å². The number of rotatable bonds is 6. The number of likely N-dealkylation sites (N-methyl/N-ethyl adjacent to an activating group) is 1. The molecule has 3 aromatic rings. The summed E-state index contributed by atoms with van der Waals surface area (Å²) in [5.41, 5.74) is 0.929. The number of fused-ring (bicyclic) bond motifs is 1. The van der Waals surface area contributed by atoms with E-state index in [1.165, 1.54) is 11.3 Å². The van der Waals surface area contributed by atoms with Crippen molar-refractivity contribution in [3.8, 4) is 0 Å². The van der Waals surface area contributed by atoms with Crippen LogP contribution < -0.4 is 0 Å². The second-order valence-electron chi connectivity index (χ2n) is 5.66. The van der Waals surface area contributed by atoms with E-state index in [1.807, 2.05) is 41.8 Å². The zero-order chi connectivity index (χ0) is 17.8. The van der Waals surface area contributed by atoms with Crippen LogP contribution in [0.4, 0.5) is 0 Å². The maximum Gasteiger partial charge on any atom is 0.311 e. The third-order valence-electron chi connectivity index (χ3n) is 3.64. The molecule has 1 amide bonds. The summed E-state index contributed by atoms with van der Waals surface area (Å²) >= 11 is 3.05. The second-order valence-corrected chi connectivity index (χ2v) is 7.81. The van der Waals surface area contributed by atoms with Gasteiger partial charge in [-0.25, -0.2) is 4.98 Å². The summed E-state index contributed by atoms with van der Waals surface area (Å²) in [7, 11) is 1.69. The Kier molecular flexibility index (Phi) is 5.45. The molecular formula is C18H18N2O3S2. The normalized spacial score (nSPS) is 12.1. The number of carbonyl (C=O) groups excluding carboxylic acids is 2. The average Bonchev–Trinajstić information content (AvgIpc) is 3.22. The molecule has 0 bridgehead atoms. The van der Waals surface area contributed by atoms with E-state index in [1.54, 1.807) is 30.2 Å². The molecule has 5 nitrogen and oxygen atoms in total. The summed E-state index contributed by atoms with van der Waals surface area (Å²) in [6, 6.07) is 11.6. The van der Waals surface area contributed by atoms with Crippen molar-refractivity contribution in [1.29, 1.82) is 0 Å². The third kappa shape index (κ3) is 4.43. The van der Waals surface area contributed by atoms with Crippen LogP contribution in [0, 0.1) is 0 Å². The molecule has 0 spiro atoms. The van der Waals surface area contributed by atoms with Gasteiger partial charge in [0, 0.05) is 11.9 Å². The van der Waals surface area contributed by atoms with E-state index in [9.17, 15) is 9.59 Å². The number of hydrogen-bond acceptors (Lipinski definition) is 6. The lowest BCUT2D eigenvalue weighted by Crippen LogP contribution is -2.37. The zero-order valence-corrected chi connectivity index (χ0v) is 15.6. The van der Waals surface area contributed by atoms with Crippen LogP contribution in [0.1, 0.15) is 16.8 Å². The summed E-state index contributed by atoms with van der Waals surface area (Å²) in [6.07, 6.45) is -0.622. The van der Waals surface area contributed by atoms with Crippen LogP contribution in [0.15, 0.2) is 41.8 Å². The van der Waals surface area contributed by atoms with Crippen LogP contribution >= 0.6 is 22.7 Å². The van der Waals surface area contributed by atoms with Crippen molar-refractivity contribution in [3.63, 3.8) is 0 Å². The highest BCUT2D eigenvalue weighted by Crippen LogP contribution is 2.22. The lowest BCUT2D eigenvalue weighted by atomic mass is 10.3. The predicted molar refractivity (Wildman–Crippen MR) is 99.7 cm³/mol. The van der Waals surface area contributed by atoms with Crippen molar-refractivity contribution in [2.75, 3.05) is 7.05 Å².